The molecule has 0 saturated carbocycles. The number of nitrogens with one attached hydrogen (secondary N) is 2. The Kier molecular flexibility index (Phi) is 3.56. The molecule has 5 heteroatoms. The van der Waals surface area contributed by atoms with Gasteiger partial charge in [0.15, 0.2) is 0 Å². The predicted molar refractivity (Wildman–Crippen MR) is 63.6 cm³/mol. The maximum absolute atomic E-state index is 11.4. The van der Waals surface area contributed by atoms with Crippen molar-refractivity contribution in [1.29, 1.82) is 0 Å². The number of nitrogens with zero attached hydrogens (tertiary/aromatic N) is 2. The van der Waals surface area contributed by atoms with Gasteiger partial charge in [-0.05, 0) is 39.9 Å². The lowest BCUT2D eigenvalue weighted by Crippen LogP contribution is -2.44. The lowest BCUT2D eigenvalue weighted by molar-refractivity contribution is -0.120. The number of aliphatic imine (C=N–C) groups is 1. The molecule has 2 aliphatic rings. The van der Waals surface area contributed by atoms with Crippen LogP contribution in [0.3, 0.4) is 0 Å². The Morgan fingerprint density at radius 1 is 1.50 bits per heavy atom. The van der Waals surface area contributed by atoms with Crippen LogP contribution in [0, 0.1) is 0 Å². The van der Waals surface area contributed by atoms with Crippen molar-refractivity contribution in [3.8, 4) is 0 Å². The minimum Gasteiger partial charge on any atom is -0.313 e. The minimum atomic E-state index is -0.223. The fourth-order valence-electron chi connectivity index (χ4n) is 2.22. The zero-order chi connectivity index (χ0) is 11.5. The van der Waals surface area contributed by atoms with E-state index in [9.17, 15) is 4.79 Å². The fourth-order valence-corrected chi connectivity index (χ4v) is 2.22. The highest BCUT2D eigenvalue weighted by Gasteiger charge is 2.25. The number of likely N-dealkylation sites (tertiary alicyclic amines) is 1. The molecule has 2 N–H and O–H groups in total. The molecule has 1 atom stereocenters. The van der Waals surface area contributed by atoms with Crippen LogP contribution in [0.15, 0.2) is 4.99 Å². The zero-order valence-electron chi connectivity index (χ0n) is 9.99. The van der Waals surface area contributed by atoms with E-state index in [2.05, 4.69) is 27.6 Å². The maximum Gasteiger partial charge on any atom is 0.251 e. The minimum absolute atomic E-state index is 0.0259. The Hall–Kier alpha value is -0.940. The summed E-state index contributed by atoms with van der Waals surface area (Å²) in [5.41, 5.74) is 0. The Bertz CT molecular complexity index is 294. The van der Waals surface area contributed by atoms with Gasteiger partial charge in [-0.1, -0.05) is 0 Å². The molecule has 5 nitrogen and oxygen atoms in total. The molecule has 0 spiro atoms. The molecule has 16 heavy (non-hydrogen) atoms. The van der Waals surface area contributed by atoms with E-state index in [0.717, 1.165) is 31.8 Å². The van der Waals surface area contributed by atoms with Crippen LogP contribution in [-0.2, 0) is 4.79 Å². The van der Waals surface area contributed by atoms with E-state index in [-0.39, 0.29) is 11.9 Å². The molecule has 1 unspecified atom stereocenters. The quantitative estimate of drug-likeness (QED) is 0.685. The average Bonchev–Trinajstić information content (AvgIpc) is 2.57. The fraction of sp³-hybridized carbons (Fsp3) is 0.818. The number of carbonyl (C=O) groups is 1. The van der Waals surface area contributed by atoms with Crippen molar-refractivity contribution in [1.82, 2.24) is 15.5 Å². The Labute approximate surface area is 96.3 Å². The SMILES string of the molecule is CC1=NC(CNC2CCN(C)CC2)C(=O)N1. The third-order valence-corrected chi connectivity index (χ3v) is 3.27. The lowest BCUT2D eigenvalue weighted by Gasteiger charge is -2.29. The van der Waals surface area contributed by atoms with Gasteiger partial charge in [-0.15, -0.1) is 0 Å². The summed E-state index contributed by atoms with van der Waals surface area (Å²) < 4.78 is 0. The molecule has 0 aliphatic carbocycles. The lowest BCUT2D eigenvalue weighted by atomic mass is 10.1. The molecule has 1 fully saturated rings. The number of hydrogen-bond donors (Lipinski definition) is 2. The zero-order valence-corrected chi connectivity index (χ0v) is 9.99. The van der Waals surface area contributed by atoms with Gasteiger partial charge in [0.05, 0.1) is 0 Å². The van der Waals surface area contributed by atoms with E-state index in [1.54, 1.807) is 0 Å². The number of rotatable bonds is 3. The summed E-state index contributed by atoms with van der Waals surface area (Å²) in [6.07, 6.45) is 2.32. The first-order valence-electron chi connectivity index (χ1n) is 5.92. The van der Waals surface area contributed by atoms with Crippen molar-refractivity contribution in [2.45, 2.75) is 31.8 Å². The van der Waals surface area contributed by atoms with Crippen LogP contribution < -0.4 is 10.6 Å². The Morgan fingerprint density at radius 2 is 2.19 bits per heavy atom. The van der Waals surface area contributed by atoms with Gasteiger partial charge >= 0.3 is 0 Å². The summed E-state index contributed by atoms with van der Waals surface area (Å²) >= 11 is 0. The third-order valence-electron chi connectivity index (χ3n) is 3.27. The summed E-state index contributed by atoms with van der Waals surface area (Å²) in [5.74, 6) is 0.762. The highest BCUT2D eigenvalue weighted by molar-refractivity contribution is 6.04. The second-order valence-corrected chi connectivity index (χ2v) is 4.71. The first kappa shape index (κ1) is 11.5. The molecule has 2 aliphatic heterocycles. The van der Waals surface area contributed by atoms with Crippen LogP contribution in [0.2, 0.25) is 0 Å². The summed E-state index contributed by atoms with van der Waals surface area (Å²) in [5, 5.41) is 6.16. The van der Waals surface area contributed by atoms with Crippen LogP contribution in [0.1, 0.15) is 19.8 Å². The van der Waals surface area contributed by atoms with E-state index in [0.29, 0.717) is 12.6 Å². The van der Waals surface area contributed by atoms with Crippen LogP contribution in [0.5, 0.6) is 0 Å². The van der Waals surface area contributed by atoms with Gasteiger partial charge in [0.25, 0.3) is 5.91 Å². The van der Waals surface area contributed by atoms with Crippen molar-refractivity contribution in [2.75, 3.05) is 26.7 Å². The van der Waals surface area contributed by atoms with Gasteiger partial charge < -0.3 is 15.5 Å². The number of amidine groups is 1. The van der Waals surface area contributed by atoms with Crippen molar-refractivity contribution >= 4 is 11.7 Å². The topological polar surface area (TPSA) is 56.7 Å². The van der Waals surface area contributed by atoms with Crippen LogP contribution in [0.4, 0.5) is 0 Å². The molecule has 0 bridgehead atoms. The normalized spacial score (nSPS) is 28.0. The molecule has 0 aromatic carbocycles. The van der Waals surface area contributed by atoms with E-state index < -0.39 is 0 Å². The second-order valence-electron chi connectivity index (χ2n) is 4.71. The molecule has 90 valence electrons. The third kappa shape index (κ3) is 2.80. The van der Waals surface area contributed by atoms with Gasteiger partial charge in [0.2, 0.25) is 0 Å². The molecule has 2 rings (SSSR count). The molecule has 0 aromatic rings. The second kappa shape index (κ2) is 4.93. The molecule has 0 radical (unpaired) electrons. The van der Waals surface area contributed by atoms with Gasteiger partial charge in [-0.3, -0.25) is 9.79 Å². The summed E-state index contributed by atoms with van der Waals surface area (Å²) in [6, 6.07) is 0.319. The molecular weight excluding hydrogens is 204 g/mol. The van der Waals surface area contributed by atoms with Gasteiger partial charge in [0.1, 0.15) is 11.9 Å². The standard InChI is InChI=1S/C11H20N4O/c1-8-13-10(11(16)14-8)7-12-9-3-5-15(2)6-4-9/h9-10,12H,3-7H2,1-2H3,(H,13,14,16). The van der Waals surface area contributed by atoms with Gasteiger partial charge in [-0.25, -0.2) is 0 Å². The highest BCUT2D eigenvalue weighted by atomic mass is 16.2. The first-order valence-corrected chi connectivity index (χ1v) is 5.92. The Balaban J connectivity index is 1.73. The smallest absolute Gasteiger partial charge is 0.251 e. The Morgan fingerprint density at radius 3 is 2.75 bits per heavy atom. The first-order chi connectivity index (χ1) is 7.65. The van der Waals surface area contributed by atoms with Crippen LogP contribution in [0.25, 0.3) is 0 Å². The summed E-state index contributed by atoms with van der Waals surface area (Å²) in [7, 11) is 2.15. The highest BCUT2D eigenvalue weighted by Crippen LogP contribution is 2.08. The monoisotopic (exact) mass is 224 g/mol. The number of amides is 1. The molecule has 1 amide bonds. The van der Waals surface area contributed by atoms with E-state index in [1.807, 2.05) is 6.92 Å². The molecule has 1 saturated heterocycles. The van der Waals surface area contributed by atoms with E-state index in [4.69, 9.17) is 0 Å². The molecule has 0 aromatic heterocycles. The van der Waals surface area contributed by atoms with Crippen LogP contribution >= 0.6 is 0 Å². The van der Waals surface area contributed by atoms with Gasteiger partial charge in [0, 0.05) is 12.6 Å². The van der Waals surface area contributed by atoms with Crippen molar-refractivity contribution < 1.29 is 4.79 Å². The largest absolute Gasteiger partial charge is 0.313 e. The van der Waals surface area contributed by atoms with Crippen molar-refractivity contribution in [2.24, 2.45) is 4.99 Å². The number of piperidine rings is 1. The predicted octanol–water partition coefficient (Wildman–Crippen LogP) is -0.413. The summed E-state index contributed by atoms with van der Waals surface area (Å²) in [4.78, 5) is 18.0. The maximum atomic E-state index is 11.4. The van der Waals surface area contributed by atoms with E-state index in [1.165, 1.54) is 0 Å². The van der Waals surface area contributed by atoms with Gasteiger partial charge in [-0.2, -0.15) is 0 Å². The summed E-state index contributed by atoms with van der Waals surface area (Å²) in [6.45, 7) is 4.76. The molecular formula is C11H20N4O. The average molecular weight is 224 g/mol. The van der Waals surface area contributed by atoms with Crippen LogP contribution in [-0.4, -0.2) is 55.4 Å². The number of carbonyl (C=O) groups excluding carboxylic acids is 1. The van der Waals surface area contributed by atoms with Crippen molar-refractivity contribution in [3.63, 3.8) is 0 Å². The van der Waals surface area contributed by atoms with E-state index >= 15 is 0 Å². The van der Waals surface area contributed by atoms with Crippen molar-refractivity contribution in [3.05, 3.63) is 0 Å². The molecule has 2 heterocycles. The number of hydrogen-bond acceptors (Lipinski definition) is 4.